The van der Waals surface area contributed by atoms with Crippen LogP contribution in [0.3, 0.4) is 0 Å². The molecule has 1 aliphatic rings. The third kappa shape index (κ3) is 5.46. The summed E-state index contributed by atoms with van der Waals surface area (Å²) in [6.07, 6.45) is 1.56. The highest BCUT2D eigenvalue weighted by Gasteiger charge is 2.26. The zero-order valence-electron chi connectivity index (χ0n) is 19.9. The Kier molecular flexibility index (Phi) is 7.67. The van der Waals surface area contributed by atoms with E-state index in [1.165, 1.54) is 9.47 Å². The average molecular weight is 478 g/mol. The Bertz CT molecular complexity index is 1260. The number of carbonyl (C=O) groups excluding carboxylic acids is 1. The summed E-state index contributed by atoms with van der Waals surface area (Å²) < 4.78 is 6.74. The molecule has 3 N–H and O–H groups in total. The maximum atomic E-state index is 13.7. The molecule has 1 aliphatic heterocycles. The van der Waals surface area contributed by atoms with Gasteiger partial charge in [-0.15, -0.1) is 0 Å². The predicted octanol–water partition coefficient (Wildman–Crippen LogP) is 2.60. The van der Waals surface area contributed by atoms with Gasteiger partial charge < -0.3 is 15.4 Å². The molecule has 9 heteroatoms. The van der Waals surface area contributed by atoms with Crippen LogP contribution in [0.2, 0.25) is 0 Å². The van der Waals surface area contributed by atoms with Crippen molar-refractivity contribution in [3.8, 4) is 0 Å². The van der Waals surface area contributed by atoms with E-state index in [1.54, 1.807) is 12.1 Å². The van der Waals surface area contributed by atoms with E-state index in [1.807, 2.05) is 49.4 Å². The number of unbranched alkanes of at least 4 members (excludes halogenated alkanes) is 1. The highest BCUT2D eigenvalue weighted by molar-refractivity contribution is 6.07. The fourth-order valence-corrected chi connectivity index (χ4v) is 4.19. The van der Waals surface area contributed by atoms with Crippen LogP contribution in [0.4, 0.5) is 17.2 Å². The van der Waals surface area contributed by atoms with Crippen molar-refractivity contribution in [1.29, 1.82) is 0 Å². The summed E-state index contributed by atoms with van der Waals surface area (Å²) in [6.45, 7) is 5.40. The molecule has 1 amide bonds. The predicted molar refractivity (Wildman–Crippen MR) is 137 cm³/mol. The van der Waals surface area contributed by atoms with Gasteiger partial charge in [-0.25, -0.2) is 4.79 Å². The lowest BCUT2D eigenvalue weighted by Crippen LogP contribution is -2.41. The fraction of sp³-hybridized carbons (Fsp3) is 0.346. The first-order valence-corrected chi connectivity index (χ1v) is 11.9. The lowest BCUT2D eigenvalue weighted by molar-refractivity contribution is 0.0984. The zero-order valence-corrected chi connectivity index (χ0v) is 19.9. The standard InChI is InChI=1S/C26H31N5O4/c1-2-3-13-30-23(27)22(24(32)28-26(30)34)31(18-19-7-5-4-6-8-19)25(33)20-9-11-21(12-10-20)29-14-16-35-17-15-29/h4-12H,2-3,13-18,27H2,1H3,(H,28,32,34). The molecular formula is C26H31N5O4. The van der Waals surface area contributed by atoms with Gasteiger partial charge in [0.2, 0.25) is 0 Å². The minimum absolute atomic E-state index is 0.0126. The van der Waals surface area contributed by atoms with E-state index >= 15 is 0 Å². The second-order valence-corrected chi connectivity index (χ2v) is 8.52. The van der Waals surface area contributed by atoms with Crippen LogP contribution in [0.1, 0.15) is 35.7 Å². The van der Waals surface area contributed by atoms with Crippen molar-refractivity contribution in [3.05, 3.63) is 86.6 Å². The number of hydrogen-bond acceptors (Lipinski definition) is 6. The number of hydrogen-bond donors (Lipinski definition) is 2. The molecule has 1 saturated heterocycles. The number of nitrogen functional groups attached to an aromatic ring is 1. The van der Waals surface area contributed by atoms with Gasteiger partial charge in [0, 0.05) is 30.9 Å². The third-order valence-corrected chi connectivity index (χ3v) is 6.14. The van der Waals surface area contributed by atoms with Crippen molar-refractivity contribution in [2.24, 2.45) is 0 Å². The van der Waals surface area contributed by atoms with Crippen LogP contribution < -0.4 is 26.8 Å². The van der Waals surface area contributed by atoms with Gasteiger partial charge in [0.25, 0.3) is 11.5 Å². The van der Waals surface area contributed by atoms with E-state index in [2.05, 4.69) is 9.88 Å². The van der Waals surface area contributed by atoms with Crippen LogP contribution in [0.5, 0.6) is 0 Å². The van der Waals surface area contributed by atoms with Gasteiger partial charge in [-0.2, -0.15) is 0 Å². The van der Waals surface area contributed by atoms with Crippen LogP contribution in [-0.4, -0.2) is 41.8 Å². The number of nitrogens with one attached hydrogen (secondary N) is 1. The minimum Gasteiger partial charge on any atom is -0.383 e. The number of aromatic amines is 1. The van der Waals surface area contributed by atoms with Crippen molar-refractivity contribution in [2.75, 3.05) is 41.8 Å². The van der Waals surface area contributed by atoms with Crippen LogP contribution in [0.25, 0.3) is 0 Å². The van der Waals surface area contributed by atoms with Crippen LogP contribution in [0.15, 0.2) is 64.2 Å². The summed E-state index contributed by atoms with van der Waals surface area (Å²) in [4.78, 5) is 45.0. The molecule has 2 aromatic carbocycles. The highest BCUT2D eigenvalue weighted by atomic mass is 16.5. The molecule has 0 aliphatic carbocycles. The Balaban J connectivity index is 1.73. The molecule has 2 heterocycles. The van der Waals surface area contributed by atoms with Crippen LogP contribution in [0, 0.1) is 0 Å². The van der Waals surface area contributed by atoms with Gasteiger partial charge in [-0.1, -0.05) is 43.7 Å². The third-order valence-electron chi connectivity index (χ3n) is 6.14. The summed E-state index contributed by atoms with van der Waals surface area (Å²) in [5.41, 5.74) is 7.32. The lowest BCUT2D eigenvalue weighted by Gasteiger charge is -2.29. The van der Waals surface area contributed by atoms with Gasteiger partial charge in [0.05, 0.1) is 19.8 Å². The first-order valence-electron chi connectivity index (χ1n) is 11.9. The normalized spacial score (nSPS) is 13.6. The molecule has 35 heavy (non-hydrogen) atoms. The number of nitrogens with zero attached hydrogens (tertiary/aromatic N) is 3. The molecule has 1 fully saturated rings. The number of morpholine rings is 1. The number of rotatable bonds is 8. The summed E-state index contributed by atoms with van der Waals surface area (Å²) in [6, 6.07) is 16.7. The number of carbonyl (C=O) groups is 1. The highest BCUT2D eigenvalue weighted by Crippen LogP contribution is 2.24. The summed E-state index contributed by atoms with van der Waals surface area (Å²) in [5, 5.41) is 0. The van der Waals surface area contributed by atoms with Gasteiger partial charge in [0.15, 0.2) is 5.69 Å². The molecule has 3 aromatic rings. The Morgan fingerprint density at radius 1 is 1.06 bits per heavy atom. The van der Waals surface area contributed by atoms with Crippen molar-refractivity contribution >= 4 is 23.1 Å². The molecule has 0 unspecified atom stereocenters. The number of H-pyrrole nitrogens is 1. The monoisotopic (exact) mass is 477 g/mol. The first kappa shape index (κ1) is 24.3. The SMILES string of the molecule is CCCCn1c(N)c(N(Cc2ccccc2)C(=O)c2ccc(N3CCOCC3)cc2)c(=O)[nH]c1=O. The smallest absolute Gasteiger partial charge is 0.330 e. The summed E-state index contributed by atoms with van der Waals surface area (Å²) in [5.74, 6) is -0.387. The Hall–Kier alpha value is -3.85. The summed E-state index contributed by atoms with van der Waals surface area (Å²) in [7, 11) is 0. The lowest BCUT2D eigenvalue weighted by atomic mass is 10.1. The molecule has 9 nitrogen and oxygen atoms in total. The van der Waals surface area contributed by atoms with E-state index in [0.29, 0.717) is 31.7 Å². The minimum atomic E-state index is -0.686. The number of amides is 1. The zero-order chi connectivity index (χ0) is 24.8. The Morgan fingerprint density at radius 3 is 2.40 bits per heavy atom. The maximum absolute atomic E-state index is 13.7. The van der Waals surface area contributed by atoms with Crippen molar-refractivity contribution in [2.45, 2.75) is 32.9 Å². The van der Waals surface area contributed by atoms with Crippen molar-refractivity contribution < 1.29 is 9.53 Å². The molecule has 0 atom stereocenters. The number of ether oxygens (including phenoxy) is 1. The molecule has 0 radical (unpaired) electrons. The van der Waals surface area contributed by atoms with E-state index in [9.17, 15) is 14.4 Å². The topological polar surface area (TPSA) is 114 Å². The molecule has 0 bridgehead atoms. The maximum Gasteiger partial charge on any atom is 0.330 e. The Labute approximate surface area is 203 Å². The fourth-order valence-electron chi connectivity index (χ4n) is 4.19. The van der Waals surface area contributed by atoms with Gasteiger partial charge >= 0.3 is 5.69 Å². The van der Waals surface area contributed by atoms with Crippen molar-refractivity contribution in [3.63, 3.8) is 0 Å². The van der Waals surface area contributed by atoms with Crippen molar-refractivity contribution in [1.82, 2.24) is 9.55 Å². The molecule has 0 spiro atoms. The van der Waals surface area contributed by atoms with Gasteiger partial charge in [-0.05, 0) is 36.2 Å². The largest absolute Gasteiger partial charge is 0.383 e. The molecular weight excluding hydrogens is 446 g/mol. The molecule has 0 saturated carbocycles. The number of nitrogens with two attached hydrogens (primary N) is 1. The van der Waals surface area contributed by atoms with E-state index in [0.717, 1.165) is 30.8 Å². The van der Waals surface area contributed by atoms with E-state index in [-0.39, 0.29) is 24.0 Å². The second-order valence-electron chi connectivity index (χ2n) is 8.52. The average Bonchev–Trinajstić information content (AvgIpc) is 2.88. The Morgan fingerprint density at radius 2 is 1.74 bits per heavy atom. The van der Waals surface area contributed by atoms with Crippen LogP contribution >= 0.6 is 0 Å². The van der Waals surface area contributed by atoms with Crippen LogP contribution in [-0.2, 0) is 17.8 Å². The second kappa shape index (κ2) is 11.1. The van der Waals surface area contributed by atoms with Gasteiger partial charge in [-0.3, -0.25) is 24.0 Å². The number of benzene rings is 2. The molecule has 184 valence electrons. The quantitative estimate of drug-likeness (QED) is 0.516. The van der Waals surface area contributed by atoms with Gasteiger partial charge in [0.1, 0.15) is 5.82 Å². The number of aromatic nitrogens is 2. The first-order chi connectivity index (χ1) is 17.0. The molecule has 1 aromatic heterocycles. The number of anilines is 3. The van der Waals surface area contributed by atoms with E-state index in [4.69, 9.17) is 10.5 Å². The molecule has 4 rings (SSSR count). The summed E-state index contributed by atoms with van der Waals surface area (Å²) >= 11 is 0. The van der Waals surface area contributed by atoms with E-state index < -0.39 is 11.2 Å².